The minimum absolute atomic E-state index is 1.09. The molecule has 0 spiro atoms. The zero-order valence-corrected chi connectivity index (χ0v) is 30.7. The minimum atomic E-state index is 1.09. The number of hydrogen-bond acceptors (Lipinski definition) is 1. The molecule has 0 aliphatic rings. The maximum Gasteiger partial charge on any atom is 0.0541 e. The third-order valence-corrected chi connectivity index (χ3v) is 11.3. The van der Waals surface area contributed by atoms with E-state index in [9.17, 15) is 0 Å². The number of aromatic nitrogens is 1. The largest absolute Gasteiger partial charge is 0.310 e. The van der Waals surface area contributed by atoms with Crippen LogP contribution in [0.4, 0.5) is 17.1 Å². The third-order valence-electron chi connectivity index (χ3n) is 11.3. The summed E-state index contributed by atoms with van der Waals surface area (Å²) in [5, 5.41) is 9.98. The fourth-order valence-electron chi connectivity index (χ4n) is 8.81. The molecular weight excluding hydrogens is 677 g/mol. The van der Waals surface area contributed by atoms with Crippen LogP contribution in [-0.4, -0.2) is 4.57 Å². The first-order valence-corrected chi connectivity index (χ1v) is 19.3. The van der Waals surface area contributed by atoms with Crippen molar-refractivity contribution in [3.05, 3.63) is 218 Å². The molecule has 0 aliphatic heterocycles. The van der Waals surface area contributed by atoms with Gasteiger partial charge in [-0.25, -0.2) is 0 Å². The van der Waals surface area contributed by atoms with E-state index in [0.717, 1.165) is 22.7 Å². The van der Waals surface area contributed by atoms with Crippen molar-refractivity contribution in [2.24, 2.45) is 0 Å². The van der Waals surface area contributed by atoms with Gasteiger partial charge in [-0.1, -0.05) is 164 Å². The van der Waals surface area contributed by atoms with Crippen LogP contribution in [-0.2, 0) is 0 Å². The van der Waals surface area contributed by atoms with Crippen molar-refractivity contribution in [3.63, 3.8) is 0 Å². The Hall–Kier alpha value is -7.42. The summed E-state index contributed by atoms with van der Waals surface area (Å²) in [6.45, 7) is 0. The van der Waals surface area contributed by atoms with Crippen LogP contribution in [0.15, 0.2) is 218 Å². The van der Waals surface area contributed by atoms with E-state index >= 15 is 0 Å². The highest BCUT2D eigenvalue weighted by atomic mass is 15.1. The van der Waals surface area contributed by atoms with Gasteiger partial charge in [-0.2, -0.15) is 0 Å². The molecule has 11 aromatic rings. The zero-order chi connectivity index (χ0) is 37.0. The quantitative estimate of drug-likeness (QED) is 0.156. The Balaban J connectivity index is 1.13. The molecule has 262 valence electrons. The molecule has 1 aromatic heterocycles. The molecule has 2 nitrogen and oxygen atoms in total. The molecular formula is C54H36N2. The lowest BCUT2D eigenvalue weighted by Crippen LogP contribution is -2.10. The standard InChI is InChI=1S/C54H36N2/c1-2-14-37(15-3-1)48-26-11-17-39-18-12-27-49(54(39)48)40-19-10-20-42(34-40)55(45-32-33-47-41(35-45)31-30-38-16-4-5-23-46(38)47)43-21-13-22-44(36-43)56-52-28-8-6-24-50(52)51-25-7-9-29-53(51)56/h1-36H. The monoisotopic (exact) mass is 712 g/mol. The fourth-order valence-corrected chi connectivity index (χ4v) is 8.81. The minimum Gasteiger partial charge on any atom is -0.310 e. The van der Waals surface area contributed by atoms with Gasteiger partial charge in [0.1, 0.15) is 0 Å². The maximum absolute atomic E-state index is 2.42. The summed E-state index contributed by atoms with van der Waals surface area (Å²) >= 11 is 0. The van der Waals surface area contributed by atoms with Crippen molar-refractivity contribution >= 4 is 71.2 Å². The highest BCUT2D eigenvalue weighted by Crippen LogP contribution is 2.42. The molecule has 0 unspecified atom stereocenters. The van der Waals surface area contributed by atoms with Crippen LogP contribution in [0.1, 0.15) is 0 Å². The van der Waals surface area contributed by atoms with Crippen molar-refractivity contribution in [2.75, 3.05) is 4.90 Å². The number of fused-ring (bicyclic) bond motifs is 7. The second kappa shape index (κ2) is 13.2. The number of para-hydroxylation sites is 2. The van der Waals surface area contributed by atoms with Gasteiger partial charge in [0.25, 0.3) is 0 Å². The van der Waals surface area contributed by atoms with Crippen LogP contribution < -0.4 is 4.90 Å². The molecule has 10 aromatic carbocycles. The SMILES string of the molecule is c1ccc(-c2cccc3cccc(-c4cccc(N(c5cccc(-n6c7ccccc7c7ccccc76)c5)c5ccc6c(ccc7ccccc76)c5)c4)c23)cc1. The highest BCUT2D eigenvalue weighted by molar-refractivity contribution is 6.11. The van der Waals surface area contributed by atoms with E-state index in [0.29, 0.717) is 0 Å². The summed E-state index contributed by atoms with van der Waals surface area (Å²) in [5.41, 5.74) is 11.6. The Morgan fingerprint density at radius 2 is 0.839 bits per heavy atom. The molecule has 0 saturated heterocycles. The average molecular weight is 713 g/mol. The first kappa shape index (κ1) is 32.0. The summed E-state index contributed by atoms with van der Waals surface area (Å²) in [6.07, 6.45) is 0. The number of nitrogens with zero attached hydrogens (tertiary/aromatic N) is 2. The first-order valence-electron chi connectivity index (χ1n) is 19.3. The van der Waals surface area contributed by atoms with Gasteiger partial charge < -0.3 is 9.47 Å². The van der Waals surface area contributed by atoms with Gasteiger partial charge in [0.05, 0.1) is 11.0 Å². The van der Waals surface area contributed by atoms with E-state index < -0.39 is 0 Å². The van der Waals surface area contributed by atoms with E-state index in [-0.39, 0.29) is 0 Å². The first-order chi connectivity index (χ1) is 27.8. The van der Waals surface area contributed by atoms with Crippen LogP contribution in [0.3, 0.4) is 0 Å². The number of benzene rings is 10. The van der Waals surface area contributed by atoms with E-state index in [1.54, 1.807) is 0 Å². The number of rotatable bonds is 6. The molecule has 11 rings (SSSR count). The molecule has 0 fully saturated rings. The fraction of sp³-hybridized carbons (Fsp3) is 0. The third kappa shape index (κ3) is 5.26. The van der Waals surface area contributed by atoms with Crippen molar-refractivity contribution in [3.8, 4) is 27.9 Å². The lowest BCUT2D eigenvalue weighted by atomic mass is 9.91. The van der Waals surface area contributed by atoms with Crippen LogP contribution in [0.5, 0.6) is 0 Å². The normalized spacial score (nSPS) is 11.6. The predicted octanol–water partition coefficient (Wildman–Crippen LogP) is 15.0. The van der Waals surface area contributed by atoms with Crippen molar-refractivity contribution in [1.29, 1.82) is 0 Å². The van der Waals surface area contributed by atoms with Gasteiger partial charge in [0, 0.05) is 33.5 Å². The lowest BCUT2D eigenvalue weighted by Gasteiger charge is -2.27. The molecule has 1 heterocycles. The summed E-state index contributed by atoms with van der Waals surface area (Å²) in [5.74, 6) is 0. The van der Waals surface area contributed by atoms with E-state index in [1.165, 1.54) is 76.4 Å². The Bertz CT molecular complexity index is 3210. The lowest BCUT2D eigenvalue weighted by molar-refractivity contribution is 1.17. The van der Waals surface area contributed by atoms with Gasteiger partial charge in [0.15, 0.2) is 0 Å². The van der Waals surface area contributed by atoms with Crippen molar-refractivity contribution in [1.82, 2.24) is 4.57 Å². The van der Waals surface area contributed by atoms with Gasteiger partial charge >= 0.3 is 0 Å². The molecule has 0 aliphatic carbocycles. The molecule has 0 radical (unpaired) electrons. The molecule has 56 heavy (non-hydrogen) atoms. The summed E-state index contributed by atoms with van der Waals surface area (Å²) in [6, 6.07) is 79.6. The average Bonchev–Trinajstić information content (AvgIpc) is 3.61. The summed E-state index contributed by atoms with van der Waals surface area (Å²) in [7, 11) is 0. The molecule has 0 saturated carbocycles. The smallest absolute Gasteiger partial charge is 0.0541 e. The molecule has 0 bridgehead atoms. The molecule has 0 N–H and O–H groups in total. The summed E-state index contributed by atoms with van der Waals surface area (Å²) < 4.78 is 2.40. The van der Waals surface area contributed by atoms with Crippen LogP contribution in [0.25, 0.3) is 82.1 Å². The predicted molar refractivity (Wildman–Crippen MR) is 239 cm³/mol. The Morgan fingerprint density at radius 1 is 0.304 bits per heavy atom. The van der Waals surface area contributed by atoms with Gasteiger partial charge in [-0.15, -0.1) is 0 Å². The molecule has 0 atom stereocenters. The van der Waals surface area contributed by atoms with E-state index in [4.69, 9.17) is 0 Å². The van der Waals surface area contributed by atoms with Gasteiger partial charge in [-0.05, 0) is 109 Å². The second-order valence-corrected chi connectivity index (χ2v) is 14.5. The topological polar surface area (TPSA) is 8.17 Å². The van der Waals surface area contributed by atoms with Crippen LogP contribution >= 0.6 is 0 Å². The number of hydrogen-bond donors (Lipinski definition) is 0. The number of anilines is 3. The zero-order valence-electron chi connectivity index (χ0n) is 30.7. The Labute approximate surface area is 325 Å². The van der Waals surface area contributed by atoms with Crippen molar-refractivity contribution in [2.45, 2.75) is 0 Å². The van der Waals surface area contributed by atoms with Crippen LogP contribution in [0.2, 0.25) is 0 Å². The van der Waals surface area contributed by atoms with Gasteiger partial charge in [-0.3, -0.25) is 0 Å². The highest BCUT2D eigenvalue weighted by Gasteiger charge is 2.18. The molecule has 0 amide bonds. The molecule has 2 heteroatoms. The van der Waals surface area contributed by atoms with E-state index in [1.807, 2.05) is 0 Å². The Kier molecular flexibility index (Phi) is 7.53. The maximum atomic E-state index is 2.42. The Morgan fingerprint density at radius 3 is 1.61 bits per heavy atom. The van der Waals surface area contributed by atoms with Gasteiger partial charge in [0.2, 0.25) is 0 Å². The summed E-state index contributed by atoms with van der Waals surface area (Å²) in [4.78, 5) is 2.42. The van der Waals surface area contributed by atoms with E-state index in [2.05, 4.69) is 228 Å². The second-order valence-electron chi connectivity index (χ2n) is 14.5. The van der Waals surface area contributed by atoms with Crippen molar-refractivity contribution < 1.29 is 0 Å². The van der Waals surface area contributed by atoms with Crippen LogP contribution in [0, 0.1) is 0 Å².